The van der Waals surface area contributed by atoms with Crippen LogP contribution in [0.5, 0.6) is 5.75 Å². The molecule has 3 heteroatoms. The molecule has 0 atom stereocenters. The molecule has 0 N–H and O–H groups in total. The number of aryl methyl sites for hydroxylation is 1. The van der Waals surface area contributed by atoms with Gasteiger partial charge in [-0.05, 0) is 73.3 Å². The monoisotopic (exact) mass is 441 g/mol. The standard InChI is InChI=1S/C30H35NO2/c1-24(32)31(22-8-13-25-9-4-2-5-10-25)29-18-14-27(15-19-29)28-16-20-30(21-17-28)33-23-26-11-6-3-7-12-26/h2-7,9-12,16-17,20-21,27,29H,8,13-15,18-19,22-23H2,1H3. The molecular weight excluding hydrogens is 406 g/mol. The highest BCUT2D eigenvalue weighted by molar-refractivity contribution is 5.73. The van der Waals surface area contributed by atoms with Crippen LogP contribution in [0.1, 0.15) is 61.6 Å². The van der Waals surface area contributed by atoms with Gasteiger partial charge in [-0.2, -0.15) is 0 Å². The van der Waals surface area contributed by atoms with E-state index in [-0.39, 0.29) is 5.91 Å². The second-order valence-electron chi connectivity index (χ2n) is 9.15. The lowest BCUT2D eigenvalue weighted by molar-refractivity contribution is -0.131. The average Bonchev–Trinajstić information content (AvgIpc) is 2.87. The van der Waals surface area contributed by atoms with Crippen molar-refractivity contribution in [2.45, 2.75) is 64.0 Å². The van der Waals surface area contributed by atoms with Crippen molar-refractivity contribution in [1.29, 1.82) is 0 Å². The van der Waals surface area contributed by atoms with E-state index < -0.39 is 0 Å². The van der Waals surface area contributed by atoms with Crippen molar-refractivity contribution in [2.24, 2.45) is 0 Å². The first kappa shape index (κ1) is 23.1. The molecule has 3 aromatic rings. The van der Waals surface area contributed by atoms with Gasteiger partial charge in [0, 0.05) is 19.5 Å². The van der Waals surface area contributed by atoms with Crippen LogP contribution in [-0.2, 0) is 17.8 Å². The first-order valence-electron chi connectivity index (χ1n) is 12.3. The van der Waals surface area contributed by atoms with Gasteiger partial charge in [0.2, 0.25) is 5.91 Å². The number of hydrogen-bond acceptors (Lipinski definition) is 2. The predicted octanol–water partition coefficient (Wildman–Crippen LogP) is 6.77. The van der Waals surface area contributed by atoms with Crippen LogP contribution >= 0.6 is 0 Å². The molecule has 1 aliphatic carbocycles. The smallest absolute Gasteiger partial charge is 0.219 e. The molecule has 0 aliphatic heterocycles. The largest absolute Gasteiger partial charge is 0.489 e. The van der Waals surface area contributed by atoms with Crippen molar-refractivity contribution in [3.05, 3.63) is 102 Å². The zero-order chi connectivity index (χ0) is 22.9. The van der Waals surface area contributed by atoms with Crippen LogP contribution in [-0.4, -0.2) is 23.4 Å². The summed E-state index contributed by atoms with van der Waals surface area (Å²) < 4.78 is 5.93. The summed E-state index contributed by atoms with van der Waals surface area (Å²) in [4.78, 5) is 14.5. The van der Waals surface area contributed by atoms with Crippen LogP contribution in [0.15, 0.2) is 84.9 Å². The number of ether oxygens (including phenoxy) is 1. The lowest BCUT2D eigenvalue weighted by Gasteiger charge is -2.37. The van der Waals surface area contributed by atoms with Crippen molar-refractivity contribution in [3.63, 3.8) is 0 Å². The van der Waals surface area contributed by atoms with Crippen molar-refractivity contribution in [2.75, 3.05) is 6.54 Å². The van der Waals surface area contributed by atoms with Gasteiger partial charge in [-0.25, -0.2) is 0 Å². The molecule has 3 aromatic carbocycles. The van der Waals surface area contributed by atoms with E-state index in [4.69, 9.17) is 4.74 Å². The van der Waals surface area contributed by atoms with Crippen LogP contribution in [0.3, 0.4) is 0 Å². The quantitative estimate of drug-likeness (QED) is 0.367. The molecule has 1 fully saturated rings. The molecule has 1 aliphatic rings. The van der Waals surface area contributed by atoms with Crippen LogP contribution in [0, 0.1) is 0 Å². The maximum absolute atomic E-state index is 12.4. The normalized spacial score (nSPS) is 18.0. The van der Waals surface area contributed by atoms with Crippen molar-refractivity contribution in [1.82, 2.24) is 4.90 Å². The van der Waals surface area contributed by atoms with Gasteiger partial charge in [-0.1, -0.05) is 72.8 Å². The number of rotatable bonds is 9. The van der Waals surface area contributed by atoms with E-state index in [0.29, 0.717) is 18.6 Å². The molecule has 0 unspecified atom stereocenters. The fourth-order valence-corrected chi connectivity index (χ4v) is 4.99. The highest BCUT2D eigenvalue weighted by atomic mass is 16.5. The van der Waals surface area contributed by atoms with Gasteiger partial charge in [0.15, 0.2) is 0 Å². The molecule has 1 amide bonds. The third kappa shape index (κ3) is 6.71. The molecule has 0 heterocycles. The number of carbonyl (C=O) groups is 1. The Morgan fingerprint density at radius 1 is 0.818 bits per heavy atom. The first-order valence-corrected chi connectivity index (χ1v) is 12.3. The fourth-order valence-electron chi connectivity index (χ4n) is 4.99. The van der Waals surface area contributed by atoms with Gasteiger partial charge < -0.3 is 9.64 Å². The van der Waals surface area contributed by atoms with E-state index in [1.54, 1.807) is 6.92 Å². The molecule has 3 nitrogen and oxygen atoms in total. The Kier molecular flexibility index (Phi) is 8.19. The first-order chi connectivity index (χ1) is 16.2. The summed E-state index contributed by atoms with van der Waals surface area (Å²) in [5.74, 6) is 1.70. The van der Waals surface area contributed by atoms with Gasteiger partial charge in [0.1, 0.15) is 12.4 Å². The van der Waals surface area contributed by atoms with Crippen LogP contribution in [0.4, 0.5) is 0 Å². The van der Waals surface area contributed by atoms with Gasteiger partial charge in [-0.3, -0.25) is 4.79 Å². The molecule has 4 rings (SSSR count). The van der Waals surface area contributed by atoms with E-state index in [2.05, 4.69) is 71.6 Å². The van der Waals surface area contributed by atoms with E-state index in [9.17, 15) is 4.79 Å². The van der Waals surface area contributed by atoms with Crippen molar-refractivity contribution >= 4 is 5.91 Å². The number of amides is 1. The van der Waals surface area contributed by atoms with E-state index in [0.717, 1.165) is 50.8 Å². The zero-order valence-corrected chi connectivity index (χ0v) is 19.7. The highest BCUT2D eigenvalue weighted by Crippen LogP contribution is 2.35. The lowest BCUT2D eigenvalue weighted by Crippen LogP contribution is -2.41. The molecule has 0 saturated heterocycles. The Morgan fingerprint density at radius 3 is 2.03 bits per heavy atom. The number of nitrogens with zero attached hydrogens (tertiary/aromatic N) is 1. The van der Waals surface area contributed by atoms with Crippen molar-refractivity contribution in [3.8, 4) is 5.75 Å². The summed E-state index contributed by atoms with van der Waals surface area (Å²) in [6, 6.07) is 29.8. The van der Waals surface area contributed by atoms with Gasteiger partial charge in [-0.15, -0.1) is 0 Å². The topological polar surface area (TPSA) is 29.5 Å². The Labute approximate surface area is 198 Å². The predicted molar refractivity (Wildman–Crippen MR) is 134 cm³/mol. The van der Waals surface area contributed by atoms with E-state index in [1.807, 2.05) is 18.2 Å². The van der Waals surface area contributed by atoms with Gasteiger partial charge in [0.05, 0.1) is 0 Å². The van der Waals surface area contributed by atoms with E-state index >= 15 is 0 Å². The maximum atomic E-state index is 12.4. The third-order valence-electron chi connectivity index (χ3n) is 6.85. The molecule has 0 bridgehead atoms. The third-order valence-corrected chi connectivity index (χ3v) is 6.85. The second-order valence-corrected chi connectivity index (χ2v) is 9.15. The van der Waals surface area contributed by atoms with Crippen LogP contribution in [0.25, 0.3) is 0 Å². The SMILES string of the molecule is CC(=O)N(CCCc1ccccc1)C1CCC(c2ccc(OCc3ccccc3)cc2)CC1. The zero-order valence-electron chi connectivity index (χ0n) is 19.7. The van der Waals surface area contributed by atoms with Crippen molar-refractivity contribution < 1.29 is 9.53 Å². The molecule has 0 aromatic heterocycles. The minimum Gasteiger partial charge on any atom is -0.489 e. The van der Waals surface area contributed by atoms with E-state index in [1.165, 1.54) is 16.7 Å². The lowest BCUT2D eigenvalue weighted by atomic mass is 9.81. The Balaban J connectivity index is 1.25. The fraction of sp³-hybridized carbons (Fsp3) is 0.367. The van der Waals surface area contributed by atoms with Crippen LogP contribution in [0.2, 0.25) is 0 Å². The van der Waals surface area contributed by atoms with Gasteiger partial charge >= 0.3 is 0 Å². The molecule has 0 radical (unpaired) electrons. The Morgan fingerprint density at radius 2 is 1.42 bits per heavy atom. The minimum absolute atomic E-state index is 0.214. The summed E-state index contributed by atoms with van der Waals surface area (Å²) in [6.45, 7) is 3.17. The molecule has 33 heavy (non-hydrogen) atoms. The molecular formula is C30H35NO2. The summed E-state index contributed by atoms with van der Waals surface area (Å²) in [6.07, 6.45) is 6.49. The Hall–Kier alpha value is -3.07. The summed E-state index contributed by atoms with van der Waals surface area (Å²) in [5.41, 5.74) is 3.92. The molecule has 1 saturated carbocycles. The summed E-state index contributed by atoms with van der Waals surface area (Å²) in [7, 11) is 0. The molecule has 172 valence electrons. The maximum Gasteiger partial charge on any atom is 0.219 e. The number of carbonyl (C=O) groups excluding carboxylic acids is 1. The summed E-state index contributed by atoms with van der Waals surface area (Å²) >= 11 is 0. The molecule has 0 spiro atoms. The second kappa shape index (κ2) is 11.7. The average molecular weight is 442 g/mol. The minimum atomic E-state index is 0.214. The van der Waals surface area contributed by atoms with Gasteiger partial charge in [0.25, 0.3) is 0 Å². The Bertz CT molecular complexity index is 977. The highest BCUT2D eigenvalue weighted by Gasteiger charge is 2.27. The number of hydrogen-bond donors (Lipinski definition) is 0. The summed E-state index contributed by atoms with van der Waals surface area (Å²) in [5, 5.41) is 0. The van der Waals surface area contributed by atoms with Crippen LogP contribution < -0.4 is 4.74 Å². The number of benzene rings is 3.